The Hall–Kier alpha value is -9.44. The molecule has 0 aliphatic carbocycles. The lowest BCUT2D eigenvalue weighted by Gasteiger charge is -2.28. The van der Waals surface area contributed by atoms with Crippen LogP contribution in [0.3, 0.4) is 0 Å². The summed E-state index contributed by atoms with van der Waals surface area (Å²) in [5, 5.41) is 1.22. The van der Waals surface area contributed by atoms with E-state index in [2.05, 4.69) is 299 Å². The van der Waals surface area contributed by atoms with Gasteiger partial charge in [-0.05, 0) is 129 Å². The van der Waals surface area contributed by atoms with Crippen LogP contribution in [0.2, 0.25) is 0 Å². The monoisotopic (exact) mass is 905 g/mol. The summed E-state index contributed by atoms with van der Waals surface area (Å²) < 4.78 is 2.46. The predicted molar refractivity (Wildman–Crippen MR) is 299 cm³/mol. The number of anilines is 6. The van der Waals surface area contributed by atoms with Crippen LogP contribution in [0.25, 0.3) is 83.5 Å². The van der Waals surface area contributed by atoms with Gasteiger partial charge in [-0.2, -0.15) is 0 Å². The minimum Gasteiger partial charge on any atom is -0.311 e. The van der Waals surface area contributed by atoms with Crippen molar-refractivity contribution in [2.24, 2.45) is 0 Å². The molecule has 11 aromatic carbocycles. The van der Waals surface area contributed by atoms with E-state index in [9.17, 15) is 0 Å². The van der Waals surface area contributed by atoms with Crippen LogP contribution in [-0.4, -0.2) is 4.57 Å². The lowest BCUT2D eigenvalue weighted by atomic mass is 9.93. The largest absolute Gasteiger partial charge is 0.311 e. The number of rotatable bonds is 9. The summed E-state index contributed by atoms with van der Waals surface area (Å²) >= 11 is 0. The van der Waals surface area contributed by atoms with Crippen molar-refractivity contribution in [2.75, 3.05) is 9.80 Å². The lowest BCUT2D eigenvalue weighted by Crippen LogP contribution is -2.11. The number of hydrogen-bond donors (Lipinski definition) is 0. The van der Waals surface area contributed by atoms with Crippen molar-refractivity contribution in [3.63, 3.8) is 0 Å². The van der Waals surface area contributed by atoms with E-state index >= 15 is 0 Å². The molecule has 71 heavy (non-hydrogen) atoms. The molecule has 3 nitrogen and oxygen atoms in total. The van der Waals surface area contributed by atoms with Gasteiger partial charge in [0.2, 0.25) is 0 Å². The van der Waals surface area contributed by atoms with Crippen molar-refractivity contribution in [3.8, 4) is 72.6 Å². The molecule has 0 amide bonds. The molecular weight excluding hydrogens is 859 g/mol. The van der Waals surface area contributed by atoms with Gasteiger partial charge in [0.25, 0.3) is 0 Å². The normalized spacial score (nSPS) is 11.6. The van der Waals surface area contributed by atoms with E-state index in [4.69, 9.17) is 0 Å². The van der Waals surface area contributed by atoms with Crippen molar-refractivity contribution in [3.05, 3.63) is 285 Å². The van der Waals surface area contributed by atoms with E-state index in [1.807, 2.05) is 0 Å². The molecule has 12 aromatic rings. The second-order valence-electron chi connectivity index (χ2n) is 18.1. The Morgan fingerprint density at radius 1 is 0.268 bits per heavy atom. The van der Waals surface area contributed by atoms with Crippen LogP contribution in [0.4, 0.5) is 34.1 Å². The molecule has 0 saturated carbocycles. The van der Waals surface area contributed by atoms with Gasteiger partial charge in [-0.15, -0.1) is 0 Å². The summed E-state index contributed by atoms with van der Waals surface area (Å²) in [4.78, 5) is 4.78. The van der Waals surface area contributed by atoms with E-state index in [0.29, 0.717) is 0 Å². The second-order valence-corrected chi connectivity index (χ2v) is 18.1. The Balaban J connectivity index is 0.877. The van der Waals surface area contributed by atoms with E-state index in [-0.39, 0.29) is 0 Å². The molecule has 0 saturated heterocycles. The maximum Gasteiger partial charge on any atom is 0.0641 e. The highest BCUT2D eigenvalue weighted by Gasteiger charge is 2.31. The van der Waals surface area contributed by atoms with Gasteiger partial charge in [-0.1, -0.05) is 200 Å². The molecule has 0 fully saturated rings. The van der Waals surface area contributed by atoms with Crippen LogP contribution in [-0.2, 0) is 0 Å². The van der Waals surface area contributed by atoms with Crippen molar-refractivity contribution < 1.29 is 0 Å². The Morgan fingerprint density at radius 2 is 0.648 bits per heavy atom. The smallest absolute Gasteiger partial charge is 0.0641 e. The molecule has 1 aliphatic heterocycles. The van der Waals surface area contributed by atoms with Gasteiger partial charge < -0.3 is 14.4 Å². The highest BCUT2D eigenvalue weighted by Crippen LogP contribution is 2.55. The maximum absolute atomic E-state index is 2.46. The fourth-order valence-electron chi connectivity index (χ4n) is 10.5. The van der Waals surface area contributed by atoms with Gasteiger partial charge >= 0.3 is 0 Å². The standard InChI is InChI=1S/C68H47N3/c1-5-17-48(18-6-1)51-33-40-58(41-34-51)69(59-42-35-52(36-43-59)49-19-7-2-8-20-49)60-44-37-53(38-45-60)50-29-31-54(32-30-50)55-39-46-66-63(47-55)67-61-25-13-15-27-64(61)71(57-23-11-4-12-24-57)68(67)62-26-14-16-28-65(62)70(66)56-21-9-3-10-22-56/h1-47H. The molecular formula is C68H47N3. The molecule has 1 aliphatic rings. The topological polar surface area (TPSA) is 11.4 Å². The third-order valence-electron chi connectivity index (χ3n) is 14.0. The molecule has 0 atom stereocenters. The van der Waals surface area contributed by atoms with Crippen molar-refractivity contribution in [2.45, 2.75) is 0 Å². The zero-order chi connectivity index (χ0) is 47.1. The number of para-hydroxylation sites is 4. The molecule has 2 heterocycles. The number of nitrogens with zero attached hydrogens (tertiary/aromatic N) is 3. The minimum atomic E-state index is 1.09. The van der Waals surface area contributed by atoms with Crippen LogP contribution in [0.1, 0.15) is 0 Å². The van der Waals surface area contributed by atoms with Gasteiger partial charge in [0.1, 0.15) is 0 Å². The predicted octanol–water partition coefficient (Wildman–Crippen LogP) is 18.9. The highest BCUT2D eigenvalue weighted by atomic mass is 15.2. The fraction of sp³-hybridized carbons (Fsp3) is 0. The lowest BCUT2D eigenvalue weighted by molar-refractivity contribution is 1.13. The molecule has 0 bridgehead atoms. The van der Waals surface area contributed by atoms with Crippen LogP contribution in [0, 0.1) is 0 Å². The van der Waals surface area contributed by atoms with Crippen molar-refractivity contribution in [1.29, 1.82) is 0 Å². The number of aromatic nitrogens is 1. The molecule has 13 rings (SSSR count). The van der Waals surface area contributed by atoms with Crippen LogP contribution >= 0.6 is 0 Å². The molecule has 0 N–H and O–H groups in total. The van der Waals surface area contributed by atoms with Crippen LogP contribution in [0.15, 0.2) is 285 Å². The molecule has 1 aromatic heterocycles. The van der Waals surface area contributed by atoms with Gasteiger partial charge in [-0.25, -0.2) is 0 Å². The number of fused-ring (bicyclic) bond motifs is 7. The Morgan fingerprint density at radius 3 is 1.18 bits per heavy atom. The Kier molecular flexibility index (Phi) is 10.5. The van der Waals surface area contributed by atoms with E-state index in [1.165, 1.54) is 72.2 Å². The third-order valence-corrected chi connectivity index (χ3v) is 14.0. The zero-order valence-electron chi connectivity index (χ0n) is 39.0. The Bertz CT molecular complexity index is 3720. The quantitative estimate of drug-likeness (QED) is 0.143. The SMILES string of the molecule is c1ccc(-c2ccc(N(c3ccc(-c4ccccc4)cc3)c3ccc(-c4ccc(-c5ccc6c(c5)-c5c(n(-c7ccccc7)c7ccccc57)-c5ccccc5N6c5ccccc5)cc4)cc3)cc2)cc1. The molecule has 0 unspecified atom stereocenters. The third kappa shape index (κ3) is 7.58. The van der Waals surface area contributed by atoms with Crippen molar-refractivity contribution >= 4 is 45.0 Å². The molecule has 334 valence electrons. The summed E-state index contributed by atoms with van der Waals surface area (Å²) in [6.45, 7) is 0. The first-order valence-electron chi connectivity index (χ1n) is 24.3. The van der Waals surface area contributed by atoms with Gasteiger partial charge in [0, 0.05) is 50.5 Å². The summed E-state index contributed by atoms with van der Waals surface area (Å²) in [5.74, 6) is 0. The molecule has 0 radical (unpaired) electrons. The van der Waals surface area contributed by atoms with Crippen LogP contribution < -0.4 is 9.80 Å². The molecule has 3 heteroatoms. The van der Waals surface area contributed by atoms with E-state index in [0.717, 1.165) is 45.4 Å². The number of benzene rings is 11. The van der Waals surface area contributed by atoms with Gasteiger partial charge in [-0.3, -0.25) is 0 Å². The highest BCUT2D eigenvalue weighted by molar-refractivity contribution is 6.13. The average molecular weight is 906 g/mol. The van der Waals surface area contributed by atoms with Gasteiger partial charge in [0.15, 0.2) is 0 Å². The summed E-state index contributed by atoms with van der Waals surface area (Å²) in [7, 11) is 0. The van der Waals surface area contributed by atoms with E-state index < -0.39 is 0 Å². The maximum atomic E-state index is 2.46. The summed E-state index contributed by atoms with van der Waals surface area (Å²) in [5.41, 5.74) is 23.3. The van der Waals surface area contributed by atoms with E-state index in [1.54, 1.807) is 0 Å². The summed E-state index contributed by atoms with van der Waals surface area (Å²) in [6, 6.07) is 103. The minimum absolute atomic E-state index is 1.09. The van der Waals surface area contributed by atoms with Crippen LogP contribution in [0.5, 0.6) is 0 Å². The average Bonchev–Trinajstić information content (AvgIpc) is 3.74. The first-order valence-corrected chi connectivity index (χ1v) is 24.3. The first kappa shape index (κ1) is 41.7. The first-order chi connectivity index (χ1) is 35.2. The summed E-state index contributed by atoms with van der Waals surface area (Å²) in [6.07, 6.45) is 0. The van der Waals surface area contributed by atoms with Gasteiger partial charge in [0.05, 0.1) is 22.6 Å². The molecule has 0 spiro atoms. The second kappa shape index (κ2) is 17.9. The Labute approximate surface area is 415 Å². The van der Waals surface area contributed by atoms with Crippen molar-refractivity contribution in [1.82, 2.24) is 4.57 Å². The number of hydrogen-bond acceptors (Lipinski definition) is 2. The fourth-order valence-corrected chi connectivity index (χ4v) is 10.5. The zero-order valence-corrected chi connectivity index (χ0v) is 39.0.